The van der Waals surface area contributed by atoms with E-state index in [0.29, 0.717) is 25.1 Å². The lowest BCUT2D eigenvalue weighted by molar-refractivity contribution is -0.0505. The van der Waals surface area contributed by atoms with Crippen LogP contribution in [0.3, 0.4) is 0 Å². The molecule has 0 amide bonds. The van der Waals surface area contributed by atoms with Crippen LogP contribution < -0.4 is 10.1 Å². The molecular weight excluding hydrogens is 268 g/mol. The Morgan fingerprint density at radius 1 is 1.45 bits per heavy atom. The number of nitrogens with zero attached hydrogens (tertiary/aromatic N) is 4. The average Bonchev–Trinajstić information content (AvgIpc) is 2.43. The summed E-state index contributed by atoms with van der Waals surface area (Å²) in [5, 5.41) is 15.4. The van der Waals surface area contributed by atoms with Gasteiger partial charge in [0.2, 0.25) is 0 Å². The number of benzene rings is 1. The van der Waals surface area contributed by atoms with Crippen molar-refractivity contribution in [3.8, 4) is 11.8 Å². The van der Waals surface area contributed by atoms with Gasteiger partial charge >= 0.3 is 6.61 Å². The lowest BCUT2D eigenvalue weighted by Gasteiger charge is -2.15. The van der Waals surface area contributed by atoms with E-state index in [0.717, 1.165) is 0 Å². The maximum absolute atomic E-state index is 12.3. The molecule has 0 fully saturated rings. The van der Waals surface area contributed by atoms with Gasteiger partial charge in [0.25, 0.3) is 0 Å². The van der Waals surface area contributed by atoms with Gasteiger partial charge in [0, 0.05) is 17.0 Å². The van der Waals surface area contributed by atoms with E-state index in [-0.39, 0.29) is 5.75 Å². The Balaban J connectivity index is 2.69. The largest absolute Gasteiger partial charge is 0.434 e. The Labute approximate surface area is 114 Å². The monoisotopic (exact) mass is 281 g/mol. The molecular formula is C12H13F2N5O. The van der Waals surface area contributed by atoms with Crippen LogP contribution in [0, 0.1) is 11.3 Å². The van der Waals surface area contributed by atoms with Crippen LogP contribution in [0.2, 0.25) is 0 Å². The first-order chi connectivity index (χ1) is 9.69. The summed E-state index contributed by atoms with van der Waals surface area (Å²) in [6, 6.07) is 7.34. The Hall–Kier alpha value is -2.36. The van der Waals surface area contributed by atoms with Gasteiger partial charge in [-0.2, -0.15) is 14.0 Å². The molecule has 0 heterocycles. The van der Waals surface area contributed by atoms with Gasteiger partial charge in [-0.1, -0.05) is 23.3 Å². The van der Waals surface area contributed by atoms with Crippen LogP contribution in [-0.4, -0.2) is 19.7 Å². The van der Waals surface area contributed by atoms with Crippen LogP contribution in [0.25, 0.3) is 10.4 Å². The highest BCUT2D eigenvalue weighted by molar-refractivity contribution is 5.38. The van der Waals surface area contributed by atoms with E-state index >= 15 is 0 Å². The Bertz CT molecular complexity index is 511. The second kappa shape index (κ2) is 8.69. The zero-order valence-corrected chi connectivity index (χ0v) is 10.5. The smallest absolute Gasteiger partial charge is 0.387 e. The minimum absolute atomic E-state index is 0.0309. The van der Waals surface area contributed by atoms with E-state index in [1.165, 1.54) is 6.07 Å². The third kappa shape index (κ3) is 5.10. The first kappa shape index (κ1) is 15.7. The van der Waals surface area contributed by atoms with Gasteiger partial charge in [0.05, 0.1) is 6.07 Å². The summed E-state index contributed by atoms with van der Waals surface area (Å²) in [4.78, 5) is 2.61. The van der Waals surface area contributed by atoms with Crippen LogP contribution in [0.4, 0.5) is 8.78 Å². The quantitative estimate of drug-likeness (QED) is 0.343. The fourth-order valence-electron chi connectivity index (χ4n) is 1.59. The van der Waals surface area contributed by atoms with Crippen molar-refractivity contribution in [3.05, 3.63) is 40.3 Å². The maximum Gasteiger partial charge on any atom is 0.387 e. The molecule has 0 saturated heterocycles. The lowest BCUT2D eigenvalue weighted by atomic mass is 10.1. The van der Waals surface area contributed by atoms with Crippen molar-refractivity contribution in [2.75, 3.05) is 13.1 Å². The van der Waals surface area contributed by atoms with Crippen molar-refractivity contribution in [1.29, 1.82) is 5.26 Å². The summed E-state index contributed by atoms with van der Waals surface area (Å²) in [7, 11) is 0. The van der Waals surface area contributed by atoms with Crippen molar-refractivity contribution < 1.29 is 13.5 Å². The van der Waals surface area contributed by atoms with Crippen LogP contribution >= 0.6 is 0 Å². The fourth-order valence-corrected chi connectivity index (χ4v) is 1.59. The molecule has 8 heteroatoms. The molecule has 1 aromatic carbocycles. The Kier molecular flexibility index (Phi) is 6.82. The molecule has 0 aliphatic carbocycles. The van der Waals surface area contributed by atoms with E-state index in [2.05, 4.69) is 20.1 Å². The van der Waals surface area contributed by atoms with E-state index in [9.17, 15) is 8.78 Å². The number of azide groups is 1. The van der Waals surface area contributed by atoms with Crippen LogP contribution in [0.15, 0.2) is 29.4 Å². The van der Waals surface area contributed by atoms with Gasteiger partial charge in [-0.15, -0.1) is 0 Å². The second-order valence-corrected chi connectivity index (χ2v) is 3.74. The molecule has 0 spiro atoms. The molecule has 20 heavy (non-hydrogen) atoms. The number of halogens is 2. The minimum Gasteiger partial charge on any atom is -0.434 e. The van der Waals surface area contributed by atoms with Gasteiger partial charge in [-0.05, 0) is 24.6 Å². The average molecular weight is 281 g/mol. The van der Waals surface area contributed by atoms with Gasteiger partial charge in [-0.3, -0.25) is 5.32 Å². The number of nitriles is 1. The standard InChI is InChI=1S/C12H13F2N5O/c13-12(14)20-11-5-2-1-4-9(11)10(8-15)17-6-3-7-18-19-16/h1-2,4-5,10,12,17H,3,6-7H2. The van der Waals surface area contributed by atoms with Crippen LogP contribution in [-0.2, 0) is 0 Å². The van der Waals surface area contributed by atoms with Crippen LogP contribution in [0.5, 0.6) is 5.75 Å². The summed E-state index contributed by atoms with van der Waals surface area (Å²) in [6.45, 7) is -2.22. The number of hydrogen-bond acceptors (Lipinski definition) is 4. The van der Waals surface area contributed by atoms with E-state index in [1.807, 2.05) is 6.07 Å². The molecule has 0 aliphatic rings. The highest BCUT2D eigenvalue weighted by atomic mass is 19.3. The van der Waals surface area contributed by atoms with Gasteiger partial charge in [0.15, 0.2) is 0 Å². The summed E-state index contributed by atoms with van der Waals surface area (Å²) in [6.07, 6.45) is 0.542. The summed E-state index contributed by atoms with van der Waals surface area (Å²) < 4.78 is 29.0. The van der Waals surface area contributed by atoms with Gasteiger partial charge < -0.3 is 4.74 Å². The first-order valence-corrected chi connectivity index (χ1v) is 5.86. The zero-order valence-electron chi connectivity index (χ0n) is 10.5. The van der Waals surface area contributed by atoms with Gasteiger partial charge in [0.1, 0.15) is 11.8 Å². The molecule has 1 N–H and O–H groups in total. The Morgan fingerprint density at radius 2 is 2.20 bits per heavy atom. The predicted molar refractivity (Wildman–Crippen MR) is 68.1 cm³/mol. The first-order valence-electron chi connectivity index (χ1n) is 5.86. The number of para-hydroxylation sites is 1. The molecule has 0 radical (unpaired) electrons. The molecule has 1 atom stereocenters. The summed E-state index contributed by atoms with van der Waals surface area (Å²) in [5.41, 5.74) is 8.46. The van der Waals surface area contributed by atoms with Crippen LogP contribution in [0.1, 0.15) is 18.0 Å². The third-order valence-electron chi connectivity index (χ3n) is 2.42. The van der Waals surface area contributed by atoms with E-state index in [4.69, 9.17) is 10.8 Å². The predicted octanol–water partition coefficient (Wildman–Crippen LogP) is 3.14. The molecule has 1 rings (SSSR count). The molecule has 0 aliphatic heterocycles. The van der Waals surface area contributed by atoms with E-state index in [1.54, 1.807) is 18.2 Å². The second-order valence-electron chi connectivity index (χ2n) is 3.74. The lowest BCUT2D eigenvalue weighted by Crippen LogP contribution is -2.22. The topological polar surface area (TPSA) is 93.8 Å². The van der Waals surface area contributed by atoms with E-state index < -0.39 is 12.7 Å². The zero-order chi connectivity index (χ0) is 14.8. The summed E-state index contributed by atoms with van der Waals surface area (Å²) >= 11 is 0. The SMILES string of the molecule is N#CC(NCCCN=[N+]=[N-])c1ccccc1OC(F)F. The molecule has 0 bridgehead atoms. The number of rotatable bonds is 8. The van der Waals surface area contributed by atoms with Gasteiger partial charge in [-0.25, -0.2) is 0 Å². The third-order valence-corrected chi connectivity index (χ3v) is 2.42. The Morgan fingerprint density at radius 3 is 2.85 bits per heavy atom. The molecule has 0 aromatic heterocycles. The molecule has 1 unspecified atom stereocenters. The molecule has 6 nitrogen and oxygen atoms in total. The highest BCUT2D eigenvalue weighted by Crippen LogP contribution is 2.26. The van der Waals surface area contributed by atoms with Crippen molar-refractivity contribution in [2.45, 2.75) is 19.1 Å². The number of nitrogens with one attached hydrogen (secondary N) is 1. The number of hydrogen-bond donors (Lipinski definition) is 1. The van der Waals surface area contributed by atoms with Crippen molar-refractivity contribution >= 4 is 0 Å². The normalized spacial score (nSPS) is 11.5. The molecule has 0 saturated carbocycles. The number of ether oxygens (including phenoxy) is 1. The molecule has 1 aromatic rings. The summed E-state index contributed by atoms with van der Waals surface area (Å²) in [5.74, 6) is -0.0309. The molecule has 106 valence electrons. The maximum atomic E-state index is 12.3. The van der Waals surface area contributed by atoms with Crippen molar-refractivity contribution in [3.63, 3.8) is 0 Å². The number of alkyl halides is 2. The van der Waals surface area contributed by atoms with Crippen molar-refractivity contribution in [2.24, 2.45) is 5.11 Å². The fraction of sp³-hybridized carbons (Fsp3) is 0.417. The highest BCUT2D eigenvalue weighted by Gasteiger charge is 2.16. The minimum atomic E-state index is -2.94. The van der Waals surface area contributed by atoms with Crippen molar-refractivity contribution in [1.82, 2.24) is 5.32 Å².